The van der Waals surface area contributed by atoms with Crippen LogP contribution >= 0.6 is 15.9 Å². The number of amides is 1. The summed E-state index contributed by atoms with van der Waals surface area (Å²) in [5.74, 6) is -0.103. The number of hydrogen-bond donors (Lipinski definition) is 2. The summed E-state index contributed by atoms with van der Waals surface area (Å²) in [5, 5.41) is 20.2. The summed E-state index contributed by atoms with van der Waals surface area (Å²) in [6.07, 6.45) is 0. The zero-order valence-electron chi connectivity index (χ0n) is 14.0. The number of azo groups is 1. The van der Waals surface area contributed by atoms with Crippen molar-refractivity contribution in [3.63, 3.8) is 0 Å². The van der Waals surface area contributed by atoms with Crippen LogP contribution in [0.15, 0.2) is 75.4 Å². The van der Waals surface area contributed by atoms with Crippen LogP contribution < -0.4 is 4.74 Å². The molecule has 2 N–H and O–H groups in total. The molecule has 4 rings (SSSR count). The number of carbonyl (C=O) groups is 1. The fourth-order valence-corrected chi connectivity index (χ4v) is 3.16. The van der Waals surface area contributed by atoms with Crippen molar-refractivity contribution in [2.24, 2.45) is 10.2 Å². The largest absolute Gasteiger partial charge is 0.493 e. The summed E-state index contributed by atoms with van der Waals surface area (Å²) >= 11 is 3.44. The molecule has 0 aliphatic heterocycles. The first-order chi connectivity index (χ1) is 13.1. The number of rotatable bonds is 4. The molecule has 0 radical (unpaired) electrons. The number of ether oxygens (including phenoxy) is 1. The molecule has 0 aliphatic carbocycles. The van der Waals surface area contributed by atoms with Gasteiger partial charge in [-0.2, -0.15) is 0 Å². The number of benzene rings is 3. The molecule has 0 unspecified atom stereocenters. The van der Waals surface area contributed by atoms with Gasteiger partial charge in [0.2, 0.25) is 5.88 Å². The normalized spacial score (nSPS) is 11.4. The predicted octanol–water partition coefficient (Wildman–Crippen LogP) is 5.48. The van der Waals surface area contributed by atoms with Gasteiger partial charge in [0.05, 0.1) is 5.52 Å². The molecule has 3 aromatic carbocycles. The number of aromatic hydroxyl groups is 1. The fourth-order valence-electron chi connectivity index (χ4n) is 2.78. The summed E-state index contributed by atoms with van der Waals surface area (Å²) in [7, 11) is 0. The number of aromatic amines is 1. The summed E-state index contributed by atoms with van der Waals surface area (Å²) in [4.78, 5) is 14.8. The van der Waals surface area contributed by atoms with Gasteiger partial charge < -0.3 is 14.8 Å². The second-order valence-corrected chi connectivity index (χ2v) is 6.82. The van der Waals surface area contributed by atoms with Gasteiger partial charge in [0.25, 0.3) is 0 Å². The summed E-state index contributed by atoms with van der Waals surface area (Å²) in [5.41, 5.74) is 0.950. The maximum atomic E-state index is 12.0. The van der Waals surface area contributed by atoms with E-state index in [1.807, 2.05) is 42.5 Å². The number of para-hydroxylation sites is 1. The van der Waals surface area contributed by atoms with Crippen molar-refractivity contribution in [3.05, 3.63) is 65.1 Å². The second kappa shape index (κ2) is 7.20. The quantitative estimate of drug-likeness (QED) is 0.426. The zero-order chi connectivity index (χ0) is 18.8. The van der Waals surface area contributed by atoms with Crippen LogP contribution in [0.5, 0.6) is 11.6 Å². The van der Waals surface area contributed by atoms with Gasteiger partial charge in [-0.3, -0.25) is 4.79 Å². The van der Waals surface area contributed by atoms with E-state index in [9.17, 15) is 9.90 Å². The highest BCUT2D eigenvalue weighted by Gasteiger charge is 2.10. The average Bonchev–Trinajstić information content (AvgIpc) is 2.99. The number of carbonyl (C=O) groups excluding carboxylic acids is 1. The van der Waals surface area contributed by atoms with E-state index in [1.165, 1.54) is 0 Å². The number of fused-ring (bicyclic) bond motifs is 2. The molecule has 7 heteroatoms. The lowest BCUT2D eigenvalue weighted by Crippen LogP contribution is -2.07. The number of aromatic nitrogens is 1. The van der Waals surface area contributed by atoms with Crippen LogP contribution in [-0.2, 0) is 4.79 Å². The highest BCUT2D eigenvalue weighted by atomic mass is 79.9. The number of H-pyrrole nitrogens is 1. The molecule has 1 amide bonds. The molecule has 0 saturated carbocycles. The number of nitrogens with zero attached hydrogens (tertiary/aromatic N) is 2. The van der Waals surface area contributed by atoms with Crippen molar-refractivity contribution in [3.8, 4) is 11.6 Å². The molecule has 1 aromatic heterocycles. The Morgan fingerprint density at radius 1 is 1.07 bits per heavy atom. The zero-order valence-corrected chi connectivity index (χ0v) is 15.6. The van der Waals surface area contributed by atoms with Gasteiger partial charge in [-0.25, -0.2) is 0 Å². The van der Waals surface area contributed by atoms with Crippen LogP contribution in [0.4, 0.5) is 5.69 Å². The van der Waals surface area contributed by atoms with Crippen LogP contribution in [0, 0.1) is 0 Å². The van der Waals surface area contributed by atoms with E-state index in [1.54, 1.807) is 18.2 Å². The van der Waals surface area contributed by atoms with Gasteiger partial charge in [0, 0.05) is 9.86 Å². The van der Waals surface area contributed by atoms with Crippen LogP contribution in [0.3, 0.4) is 0 Å². The first kappa shape index (κ1) is 17.2. The molecule has 134 valence electrons. The Hall–Kier alpha value is -3.19. The van der Waals surface area contributed by atoms with E-state index in [0.717, 1.165) is 20.8 Å². The molecule has 27 heavy (non-hydrogen) atoms. The van der Waals surface area contributed by atoms with E-state index >= 15 is 0 Å². The van der Waals surface area contributed by atoms with Gasteiger partial charge in [-0.05, 0) is 41.1 Å². The Morgan fingerprint density at radius 2 is 1.85 bits per heavy atom. The minimum Gasteiger partial charge on any atom is -0.493 e. The van der Waals surface area contributed by atoms with Crippen molar-refractivity contribution in [1.29, 1.82) is 0 Å². The van der Waals surface area contributed by atoms with Crippen molar-refractivity contribution in [2.75, 3.05) is 6.61 Å². The third-order valence-electron chi connectivity index (χ3n) is 4.06. The van der Waals surface area contributed by atoms with E-state index < -0.39 is 5.91 Å². The molecular weight excluding hydrogens is 410 g/mol. The van der Waals surface area contributed by atoms with E-state index in [2.05, 4.69) is 31.1 Å². The van der Waals surface area contributed by atoms with Gasteiger partial charge in [0.15, 0.2) is 12.3 Å². The molecule has 4 aromatic rings. The molecule has 0 fully saturated rings. The summed E-state index contributed by atoms with van der Waals surface area (Å²) in [6, 6.07) is 18.7. The van der Waals surface area contributed by atoms with Crippen molar-refractivity contribution < 1.29 is 14.6 Å². The molecule has 6 nitrogen and oxygen atoms in total. The van der Waals surface area contributed by atoms with Crippen LogP contribution in [0.25, 0.3) is 21.7 Å². The smallest absolute Gasteiger partial charge is 0.302 e. The van der Waals surface area contributed by atoms with Crippen molar-refractivity contribution in [2.45, 2.75) is 0 Å². The number of halogens is 1. The summed E-state index contributed by atoms with van der Waals surface area (Å²) < 4.78 is 6.51. The average molecular weight is 424 g/mol. The maximum absolute atomic E-state index is 12.0. The van der Waals surface area contributed by atoms with E-state index in [-0.39, 0.29) is 18.2 Å². The second-order valence-electron chi connectivity index (χ2n) is 5.90. The molecule has 0 bridgehead atoms. The first-order valence-electron chi connectivity index (χ1n) is 8.16. The van der Waals surface area contributed by atoms with Gasteiger partial charge >= 0.3 is 5.91 Å². The van der Waals surface area contributed by atoms with Crippen molar-refractivity contribution >= 4 is 49.2 Å². The van der Waals surface area contributed by atoms with E-state index in [0.29, 0.717) is 11.1 Å². The standard InChI is InChI=1S/C20H14BrN3O3/c21-14-7-5-13-10-15(8-6-12(13)9-14)27-11-18(25)23-24-19-16-3-1-2-4-17(16)22-20(19)26/h1-10,22,26H,11H2. The van der Waals surface area contributed by atoms with E-state index in [4.69, 9.17) is 4.74 Å². The van der Waals surface area contributed by atoms with Crippen molar-refractivity contribution in [1.82, 2.24) is 4.98 Å². The summed E-state index contributed by atoms with van der Waals surface area (Å²) in [6.45, 7) is -0.241. The first-order valence-corrected chi connectivity index (χ1v) is 8.96. The monoisotopic (exact) mass is 423 g/mol. The number of nitrogens with one attached hydrogen (secondary N) is 1. The molecule has 0 saturated heterocycles. The Labute approximate surface area is 162 Å². The Bertz CT molecular complexity index is 1180. The van der Waals surface area contributed by atoms with Crippen LogP contribution in [0.2, 0.25) is 0 Å². The fraction of sp³-hybridized carbons (Fsp3) is 0.0500. The molecular formula is C20H14BrN3O3. The maximum Gasteiger partial charge on any atom is 0.302 e. The SMILES string of the molecule is O=C(COc1ccc2cc(Br)ccc2c1)N=Nc1c(O)[nH]c2ccccc12. The Morgan fingerprint density at radius 3 is 2.74 bits per heavy atom. The molecule has 0 spiro atoms. The minimum atomic E-state index is -0.546. The molecule has 1 heterocycles. The number of hydrogen-bond acceptors (Lipinski definition) is 4. The lowest BCUT2D eigenvalue weighted by atomic mass is 10.1. The van der Waals surface area contributed by atoms with Gasteiger partial charge in [-0.1, -0.05) is 46.3 Å². The van der Waals surface area contributed by atoms with Crippen LogP contribution in [-0.4, -0.2) is 22.6 Å². The lowest BCUT2D eigenvalue weighted by molar-refractivity contribution is -0.120. The third kappa shape index (κ3) is 3.68. The van der Waals surface area contributed by atoms with Gasteiger partial charge in [-0.15, -0.1) is 10.2 Å². The highest BCUT2D eigenvalue weighted by Crippen LogP contribution is 2.35. The Balaban J connectivity index is 1.45. The predicted molar refractivity (Wildman–Crippen MR) is 107 cm³/mol. The molecule has 0 aliphatic rings. The van der Waals surface area contributed by atoms with Crippen LogP contribution in [0.1, 0.15) is 0 Å². The topological polar surface area (TPSA) is 87.0 Å². The highest BCUT2D eigenvalue weighted by molar-refractivity contribution is 9.10. The third-order valence-corrected chi connectivity index (χ3v) is 4.55. The van der Waals surface area contributed by atoms with Gasteiger partial charge in [0.1, 0.15) is 5.75 Å². The lowest BCUT2D eigenvalue weighted by Gasteiger charge is -2.05. The molecule has 0 atom stereocenters. The minimum absolute atomic E-state index is 0.130. The Kier molecular flexibility index (Phi) is 4.60.